The van der Waals surface area contributed by atoms with Crippen LogP contribution in [0.3, 0.4) is 0 Å². The van der Waals surface area contributed by atoms with E-state index < -0.39 is 11.8 Å². The molecule has 0 fully saturated rings. The molecule has 0 unspecified atom stereocenters. The minimum atomic E-state index is -1.19. The van der Waals surface area contributed by atoms with E-state index in [2.05, 4.69) is 0 Å². The van der Waals surface area contributed by atoms with Gasteiger partial charge in [0.1, 0.15) is 17.1 Å². The van der Waals surface area contributed by atoms with Crippen LogP contribution in [0.1, 0.15) is 17.3 Å². The molecule has 1 aromatic rings. The van der Waals surface area contributed by atoms with E-state index >= 15 is 0 Å². The van der Waals surface area contributed by atoms with Crippen LogP contribution in [0, 0.1) is 5.82 Å². The molecular formula is C9H9FO3. The number of rotatable bonds is 3. The largest absolute Gasteiger partial charge is 0.493 e. The van der Waals surface area contributed by atoms with Crippen molar-refractivity contribution in [1.29, 1.82) is 0 Å². The summed E-state index contributed by atoms with van der Waals surface area (Å²) in [6.45, 7) is 2.08. The Bertz CT molecular complexity index is 323. The first kappa shape index (κ1) is 9.51. The van der Waals surface area contributed by atoms with E-state index in [0.717, 1.165) is 12.1 Å². The Morgan fingerprint density at radius 2 is 2.31 bits per heavy atom. The fraction of sp³-hybridized carbons (Fsp3) is 0.222. The highest BCUT2D eigenvalue weighted by Crippen LogP contribution is 2.19. The lowest BCUT2D eigenvalue weighted by molar-refractivity contribution is 0.0692. The molecule has 0 atom stereocenters. The van der Waals surface area contributed by atoms with Crippen molar-refractivity contribution in [2.45, 2.75) is 6.92 Å². The summed E-state index contributed by atoms with van der Waals surface area (Å²) in [5.41, 5.74) is -0.151. The van der Waals surface area contributed by atoms with E-state index in [1.54, 1.807) is 6.92 Å². The molecule has 0 radical (unpaired) electrons. The summed E-state index contributed by atoms with van der Waals surface area (Å²) >= 11 is 0. The molecule has 70 valence electrons. The quantitative estimate of drug-likeness (QED) is 0.780. The second-order valence-corrected chi connectivity index (χ2v) is 2.38. The van der Waals surface area contributed by atoms with Crippen molar-refractivity contribution in [3.8, 4) is 5.75 Å². The number of carbonyl (C=O) groups is 1. The maximum atomic E-state index is 12.6. The zero-order valence-corrected chi connectivity index (χ0v) is 7.08. The minimum absolute atomic E-state index is 0.151. The molecule has 1 N–H and O–H groups in total. The molecule has 0 aliphatic carbocycles. The SMILES string of the molecule is CCOc1ccc(F)cc1C(=O)O. The van der Waals surface area contributed by atoms with Crippen LogP contribution in [0.25, 0.3) is 0 Å². The average Bonchev–Trinajstić information content (AvgIpc) is 2.08. The van der Waals surface area contributed by atoms with Crippen LogP contribution in [0.4, 0.5) is 4.39 Å². The molecule has 0 aliphatic heterocycles. The highest BCUT2D eigenvalue weighted by molar-refractivity contribution is 5.90. The smallest absolute Gasteiger partial charge is 0.339 e. The van der Waals surface area contributed by atoms with Gasteiger partial charge in [-0.05, 0) is 25.1 Å². The summed E-state index contributed by atoms with van der Waals surface area (Å²) in [6.07, 6.45) is 0. The van der Waals surface area contributed by atoms with E-state index in [4.69, 9.17) is 9.84 Å². The number of carboxylic acid groups (broad SMARTS) is 1. The van der Waals surface area contributed by atoms with Crippen LogP contribution >= 0.6 is 0 Å². The third-order valence-electron chi connectivity index (χ3n) is 1.47. The molecule has 1 rings (SSSR count). The Labute approximate surface area is 74.8 Å². The Balaban J connectivity index is 3.10. The summed E-state index contributed by atoms with van der Waals surface area (Å²) in [5.74, 6) is -1.58. The van der Waals surface area contributed by atoms with Gasteiger partial charge in [-0.1, -0.05) is 0 Å². The zero-order chi connectivity index (χ0) is 9.84. The molecule has 0 saturated heterocycles. The topological polar surface area (TPSA) is 46.5 Å². The van der Waals surface area contributed by atoms with Crippen molar-refractivity contribution in [2.24, 2.45) is 0 Å². The summed E-state index contributed by atoms with van der Waals surface area (Å²) in [5, 5.41) is 8.67. The first-order valence-corrected chi connectivity index (χ1v) is 3.80. The zero-order valence-electron chi connectivity index (χ0n) is 7.08. The minimum Gasteiger partial charge on any atom is -0.493 e. The van der Waals surface area contributed by atoms with Gasteiger partial charge in [-0.3, -0.25) is 0 Å². The predicted molar refractivity (Wildman–Crippen MR) is 44.5 cm³/mol. The van der Waals surface area contributed by atoms with Crippen molar-refractivity contribution in [3.05, 3.63) is 29.6 Å². The Hall–Kier alpha value is -1.58. The van der Waals surface area contributed by atoms with Crippen molar-refractivity contribution < 1.29 is 19.0 Å². The van der Waals surface area contributed by atoms with Crippen LogP contribution in [0.5, 0.6) is 5.75 Å². The summed E-state index contributed by atoms with van der Waals surface area (Å²) in [7, 11) is 0. The van der Waals surface area contributed by atoms with Crippen molar-refractivity contribution >= 4 is 5.97 Å². The number of aromatic carboxylic acids is 1. The highest BCUT2D eigenvalue weighted by Gasteiger charge is 2.11. The molecule has 0 bridgehead atoms. The first-order valence-electron chi connectivity index (χ1n) is 3.80. The lowest BCUT2D eigenvalue weighted by Crippen LogP contribution is -2.03. The average molecular weight is 184 g/mol. The fourth-order valence-electron chi connectivity index (χ4n) is 0.951. The van der Waals surface area contributed by atoms with Gasteiger partial charge in [0, 0.05) is 0 Å². The maximum Gasteiger partial charge on any atom is 0.339 e. The molecule has 0 aliphatic rings. The molecule has 0 saturated carbocycles. The first-order chi connectivity index (χ1) is 6.15. The van der Waals surface area contributed by atoms with Gasteiger partial charge in [-0.2, -0.15) is 0 Å². The molecule has 0 amide bonds. The lowest BCUT2D eigenvalue weighted by atomic mass is 10.2. The van der Waals surface area contributed by atoms with E-state index in [9.17, 15) is 9.18 Å². The molecule has 0 spiro atoms. The normalized spacial score (nSPS) is 9.69. The number of benzene rings is 1. The summed E-state index contributed by atoms with van der Waals surface area (Å²) in [6, 6.07) is 3.41. The maximum absolute atomic E-state index is 12.6. The van der Waals surface area contributed by atoms with Crippen molar-refractivity contribution in [2.75, 3.05) is 6.61 Å². The number of carboxylic acids is 1. The number of ether oxygens (including phenoxy) is 1. The predicted octanol–water partition coefficient (Wildman–Crippen LogP) is 1.92. The van der Waals surface area contributed by atoms with Crippen LogP contribution < -0.4 is 4.74 Å². The second kappa shape index (κ2) is 3.89. The van der Waals surface area contributed by atoms with Gasteiger partial charge in [0.2, 0.25) is 0 Å². The molecule has 1 aromatic carbocycles. The second-order valence-electron chi connectivity index (χ2n) is 2.38. The monoisotopic (exact) mass is 184 g/mol. The van der Waals surface area contributed by atoms with Gasteiger partial charge in [0.15, 0.2) is 0 Å². The Morgan fingerprint density at radius 1 is 1.62 bits per heavy atom. The van der Waals surface area contributed by atoms with Gasteiger partial charge in [0.25, 0.3) is 0 Å². The van der Waals surface area contributed by atoms with E-state index in [-0.39, 0.29) is 11.3 Å². The third-order valence-corrected chi connectivity index (χ3v) is 1.47. The van der Waals surface area contributed by atoms with Gasteiger partial charge >= 0.3 is 5.97 Å². The van der Waals surface area contributed by atoms with E-state index in [0.29, 0.717) is 6.61 Å². The van der Waals surface area contributed by atoms with E-state index in [1.165, 1.54) is 6.07 Å². The number of hydrogen-bond acceptors (Lipinski definition) is 2. The standard InChI is InChI=1S/C9H9FO3/c1-2-13-8-4-3-6(10)5-7(8)9(11)12/h3-5H,2H2,1H3,(H,11,12). The van der Waals surface area contributed by atoms with Crippen molar-refractivity contribution in [1.82, 2.24) is 0 Å². The molecular weight excluding hydrogens is 175 g/mol. The fourth-order valence-corrected chi connectivity index (χ4v) is 0.951. The van der Waals surface area contributed by atoms with Gasteiger partial charge in [0.05, 0.1) is 6.61 Å². The third kappa shape index (κ3) is 2.18. The van der Waals surface area contributed by atoms with Gasteiger partial charge < -0.3 is 9.84 Å². The summed E-state index contributed by atoms with van der Waals surface area (Å²) in [4.78, 5) is 10.6. The number of hydrogen-bond donors (Lipinski definition) is 1. The molecule has 0 aromatic heterocycles. The van der Waals surface area contributed by atoms with Gasteiger partial charge in [-0.15, -0.1) is 0 Å². The van der Waals surface area contributed by atoms with Crippen LogP contribution in [0.15, 0.2) is 18.2 Å². The van der Waals surface area contributed by atoms with Crippen LogP contribution in [-0.2, 0) is 0 Å². The lowest BCUT2D eigenvalue weighted by Gasteiger charge is -2.05. The molecule has 0 heterocycles. The Kier molecular flexibility index (Phi) is 2.84. The van der Waals surface area contributed by atoms with Crippen molar-refractivity contribution in [3.63, 3.8) is 0 Å². The Morgan fingerprint density at radius 3 is 2.85 bits per heavy atom. The molecule has 3 nitrogen and oxygen atoms in total. The van der Waals surface area contributed by atoms with Gasteiger partial charge in [-0.25, -0.2) is 9.18 Å². The van der Waals surface area contributed by atoms with Crippen LogP contribution in [0.2, 0.25) is 0 Å². The molecule has 4 heteroatoms. The molecule has 13 heavy (non-hydrogen) atoms. The summed E-state index contributed by atoms with van der Waals surface area (Å²) < 4.78 is 17.6. The van der Waals surface area contributed by atoms with E-state index in [1.807, 2.05) is 0 Å². The van der Waals surface area contributed by atoms with Crippen LogP contribution in [-0.4, -0.2) is 17.7 Å². The number of halogens is 1. The highest BCUT2D eigenvalue weighted by atomic mass is 19.1.